The lowest BCUT2D eigenvalue weighted by Crippen LogP contribution is -2.22. The Hall–Kier alpha value is -1.78. The number of rotatable bonds is 4. The molecule has 0 aliphatic rings. The van der Waals surface area contributed by atoms with Gasteiger partial charge in [-0.1, -0.05) is 37.3 Å². The van der Waals surface area contributed by atoms with Crippen LogP contribution in [-0.2, 0) is 0 Å². The van der Waals surface area contributed by atoms with E-state index in [4.69, 9.17) is 0 Å². The van der Waals surface area contributed by atoms with Crippen LogP contribution in [0.15, 0.2) is 48.5 Å². The van der Waals surface area contributed by atoms with Crippen molar-refractivity contribution in [1.29, 1.82) is 0 Å². The van der Waals surface area contributed by atoms with Crippen molar-refractivity contribution in [2.75, 3.05) is 6.54 Å². The number of fused-ring (bicyclic) bond motifs is 1. The van der Waals surface area contributed by atoms with Crippen LogP contribution in [0.5, 0.6) is 0 Å². The molecule has 0 saturated carbocycles. The first-order valence-electron chi connectivity index (χ1n) is 6.86. The maximum absolute atomic E-state index is 14.1. The molecule has 0 bridgehead atoms. The SMILES string of the molecule is CCNC(c1cc2ccccc2s1)c1cccc(F)c1F. The zero-order chi connectivity index (χ0) is 14.8. The Labute approximate surface area is 126 Å². The molecule has 0 spiro atoms. The molecule has 0 aliphatic heterocycles. The molecule has 21 heavy (non-hydrogen) atoms. The monoisotopic (exact) mass is 303 g/mol. The molecule has 4 heteroatoms. The van der Waals surface area contributed by atoms with Crippen molar-refractivity contribution in [1.82, 2.24) is 5.32 Å². The molecule has 1 aromatic heterocycles. The van der Waals surface area contributed by atoms with Gasteiger partial charge in [-0.3, -0.25) is 0 Å². The minimum absolute atomic E-state index is 0.330. The molecule has 2 aromatic carbocycles. The zero-order valence-electron chi connectivity index (χ0n) is 11.6. The van der Waals surface area contributed by atoms with E-state index in [0.29, 0.717) is 12.1 Å². The van der Waals surface area contributed by atoms with Crippen LogP contribution in [0.3, 0.4) is 0 Å². The molecule has 0 fully saturated rings. The fourth-order valence-corrected chi connectivity index (χ4v) is 3.62. The summed E-state index contributed by atoms with van der Waals surface area (Å²) in [5.41, 5.74) is 0.350. The van der Waals surface area contributed by atoms with Gasteiger partial charge >= 0.3 is 0 Å². The Kier molecular flexibility index (Phi) is 3.99. The van der Waals surface area contributed by atoms with Crippen LogP contribution in [0.4, 0.5) is 8.78 Å². The summed E-state index contributed by atoms with van der Waals surface area (Å²) < 4.78 is 28.8. The normalized spacial score (nSPS) is 12.7. The maximum Gasteiger partial charge on any atom is 0.163 e. The lowest BCUT2D eigenvalue weighted by molar-refractivity contribution is 0.484. The fraction of sp³-hybridized carbons (Fsp3) is 0.176. The van der Waals surface area contributed by atoms with E-state index >= 15 is 0 Å². The van der Waals surface area contributed by atoms with Crippen molar-refractivity contribution in [2.24, 2.45) is 0 Å². The van der Waals surface area contributed by atoms with Gasteiger partial charge in [-0.25, -0.2) is 8.78 Å². The summed E-state index contributed by atoms with van der Waals surface area (Å²) >= 11 is 1.60. The summed E-state index contributed by atoms with van der Waals surface area (Å²) in [5, 5.41) is 4.37. The summed E-state index contributed by atoms with van der Waals surface area (Å²) in [6.07, 6.45) is 0. The number of halogens is 2. The van der Waals surface area contributed by atoms with Gasteiger partial charge in [-0.05, 0) is 30.1 Å². The summed E-state index contributed by atoms with van der Waals surface area (Å²) in [6, 6.07) is 14.1. The highest BCUT2D eigenvalue weighted by Crippen LogP contribution is 2.34. The van der Waals surface area contributed by atoms with Gasteiger partial charge < -0.3 is 5.32 Å². The van der Waals surface area contributed by atoms with E-state index in [1.165, 1.54) is 0 Å². The van der Waals surface area contributed by atoms with Crippen molar-refractivity contribution in [3.05, 3.63) is 70.6 Å². The van der Waals surface area contributed by atoms with E-state index in [-0.39, 0.29) is 6.04 Å². The molecule has 0 amide bonds. The lowest BCUT2D eigenvalue weighted by atomic mass is 10.0. The minimum atomic E-state index is -0.809. The highest BCUT2D eigenvalue weighted by Gasteiger charge is 2.21. The largest absolute Gasteiger partial charge is 0.306 e. The number of nitrogens with one attached hydrogen (secondary N) is 1. The first kappa shape index (κ1) is 14.2. The third kappa shape index (κ3) is 2.69. The Morgan fingerprint density at radius 1 is 1.10 bits per heavy atom. The number of benzene rings is 2. The van der Waals surface area contributed by atoms with E-state index in [2.05, 4.69) is 5.32 Å². The van der Waals surface area contributed by atoms with Gasteiger partial charge in [0.2, 0.25) is 0 Å². The maximum atomic E-state index is 14.1. The molecule has 1 N–H and O–H groups in total. The predicted molar refractivity (Wildman–Crippen MR) is 83.7 cm³/mol. The first-order chi connectivity index (χ1) is 10.2. The smallest absolute Gasteiger partial charge is 0.163 e. The van der Waals surface area contributed by atoms with Gasteiger partial charge in [0.15, 0.2) is 11.6 Å². The Morgan fingerprint density at radius 2 is 1.90 bits per heavy atom. The van der Waals surface area contributed by atoms with Crippen LogP contribution in [0.2, 0.25) is 0 Å². The molecule has 1 nitrogen and oxygen atoms in total. The van der Waals surface area contributed by atoms with Crippen LogP contribution < -0.4 is 5.32 Å². The highest BCUT2D eigenvalue weighted by molar-refractivity contribution is 7.19. The summed E-state index contributed by atoms with van der Waals surface area (Å²) in [6.45, 7) is 2.63. The number of hydrogen-bond donors (Lipinski definition) is 1. The average Bonchev–Trinajstić information content (AvgIpc) is 2.91. The molecule has 3 rings (SSSR count). The highest BCUT2D eigenvalue weighted by atomic mass is 32.1. The summed E-state index contributed by atoms with van der Waals surface area (Å²) in [4.78, 5) is 0.988. The van der Waals surface area contributed by atoms with Gasteiger partial charge in [0, 0.05) is 15.1 Å². The quantitative estimate of drug-likeness (QED) is 0.724. The van der Waals surface area contributed by atoms with Gasteiger partial charge in [0.25, 0.3) is 0 Å². The van der Waals surface area contributed by atoms with Crippen LogP contribution in [-0.4, -0.2) is 6.54 Å². The third-order valence-corrected chi connectivity index (χ3v) is 4.61. The Morgan fingerprint density at radius 3 is 2.67 bits per heavy atom. The van der Waals surface area contributed by atoms with E-state index < -0.39 is 11.6 Å². The molecular formula is C17H15F2NS. The van der Waals surface area contributed by atoms with E-state index in [9.17, 15) is 8.78 Å². The van der Waals surface area contributed by atoms with Crippen molar-refractivity contribution < 1.29 is 8.78 Å². The van der Waals surface area contributed by atoms with Crippen molar-refractivity contribution in [3.63, 3.8) is 0 Å². The molecule has 108 valence electrons. The number of thiophene rings is 1. The molecule has 0 aliphatic carbocycles. The lowest BCUT2D eigenvalue weighted by Gasteiger charge is -2.17. The molecule has 0 radical (unpaired) electrons. The molecule has 1 heterocycles. The summed E-state index contributed by atoms with van der Waals surface area (Å²) in [7, 11) is 0. The standard InChI is InChI=1S/C17H15F2NS/c1-2-20-17(12-7-5-8-13(18)16(12)19)15-10-11-6-3-4-9-14(11)21-15/h3-10,17,20H,2H2,1H3. The second-order valence-electron chi connectivity index (χ2n) is 4.82. The van der Waals surface area contributed by atoms with Crippen molar-refractivity contribution >= 4 is 21.4 Å². The van der Waals surface area contributed by atoms with E-state index in [0.717, 1.165) is 21.0 Å². The van der Waals surface area contributed by atoms with Crippen LogP contribution in [0.25, 0.3) is 10.1 Å². The van der Waals surface area contributed by atoms with Gasteiger partial charge in [-0.2, -0.15) is 0 Å². The molecule has 0 saturated heterocycles. The minimum Gasteiger partial charge on any atom is -0.306 e. The van der Waals surface area contributed by atoms with Gasteiger partial charge in [0.1, 0.15) is 0 Å². The van der Waals surface area contributed by atoms with Gasteiger partial charge in [-0.15, -0.1) is 11.3 Å². The van der Waals surface area contributed by atoms with E-state index in [1.807, 2.05) is 37.3 Å². The summed E-state index contributed by atoms with van der Waals surface area (Å²) in [5.74, 6) is -1.59. The molecule has 3 aromatic rings. The molecule has 1 atom stereocenters. The van der Waals surface area contributed by atoms with Gasteiger partial charge in [0.05, 0.1) is 6.04 Å². The topological polar surface area (TPSA) is 12.0 Å². The second-order valence-corrected chi connectivity index (χ2v) is 5.94. The van der Waals surface area contributed by atoms with Crippen LogP contribution >= 0.6 is 11.3 Å². The van der Waals surface area contributed by atoms with Crippen LogP contribution in [0.1, 0.15) is 23.4 Å². The van der Waals surface area contributed by atoms with Crippen molar-refractivity contribution in [3.8, 4) is 0 Å². The molecule has 1 unspecified atom stereocenters. The fourth-order valence-electron chi connectivity index (χ4n) is 2.46. The average molecular weight is 303 g/mol. The third-order valence-electron chi connectivity index (χ3n) is 3.43. The van der Waals surface area contributed by atoms with Crippen LogP contribution in [0, 0.1) is 11.6 Å². The van der Waals surface area contributed by atoms with Crippen molar-refractivity contribution in [2.45, 2.75) is 13.0 Å². The molecular weight excluding hydrogens is 288 g/mol. The first-order valence-corrected chi connectivity index (χ1v) is 7.68. The Bertz CT molecular complexity index is 733. The second kappa shape index (κ2) is 5.92. The predicted octanol–water partition coefficient (Wildman–Crippen LogP) is 4.88. The zero-order valence-corrected chi connectivity index (χ0v) is 12.4. The number of hydrogen-bond acceptors (Lipinski definition) is 2. The van der Waals surface area contributed by atoms with E-state index in [1.54, 1.807) is 23.5 Å². The Balaban J connectivity index is 2.10.